The Morgan fingerprint density at radius 2 is 1.75 bits per heavy atom. The number of sulfonamides is 1. The fourth-order valence-electron chi connectivity index (χ4n) is 4.15. The van der Waals surface area contributed by atoms with Crippen LogP contribution >= 0.6 is 0 Å². The summed E-state index contributed by atoms with van der Waals surface area (Å²) in [6.07, 6.45) is 1.39. The Balaban J connectivity index is 1.64. The van der Waals surface area contributed by atoms with Crippen LogP contribution in [0.15, 0.2) is 77.8 Å². The van der Waals surface area contributed by atoms with Crippen LogP contribution in [0.4, 0.5) is 4.39 Å². The van der Waals surface area contributed by atoms with E-state index in [0.717, 1.165) is 5.56 Å². The summed E-state index contributed by atoms with van der Waals surface area (Å²) in [5.74, 6) is 2.85. The molecule has 11 heteroatoms. The molecule has 9 nitrogen and oxygen atoms in total. The number of carbonyl (C=O) groups is 2. The van der Waals surface area contributed by atoms with Crippen molar-refractivity contribution in [2.45, 2.75) is 30.8 Å². The topological polar surface area (TPSA) is 135 Å². The molecule has 0 aliphatic heterocycles. The van der Waals surface area contributed by atoms with E-state index < -0.39 is 33.8 Å². The Labute approximate surface area is 229 Å². The number of halogens is 1. The number of rotatable bonds is 11. The van der Waals surface area contributed by atoms with Gasteiger partial charge in [0.2, 0.25) is 10.0 Å². The Hall–Kier alpha value is -4.66. The zero-order valence-corrected chi connectivity index (χ0v) is 22.1. The van der Waals surface area contributed by atoms with Crippen LogP contribution in [0.5, 0.6) is 5.75 Å². The van der Waals surface area contributed by atoms with Crippen LogP contribution in [0.2, 0.25) is 0 Å². The molecule has 0 aliphatic rings. The molecule has 1 aromatic heterocycles. The van der Waals surface area contributed by atoms with Crippen molar-refractivity contribution in [3.05, 3.63) is 95.4 Å². The van der Waals surface area contributed by atoms with Crippen molar-refractivity contribution in [3.63, 3.8) is 0 Å². The molecule has 0 fully saturated rings. The summed E-state index contributed by atoms with van der Waals surface area (Å²) in [6, 6.07) is 14.2. The van der Waals surface area contributed by atoms with Crippen molar-refractivity contribution in [1.29, 1.82) is 0 Å². The number of carboxylic acids is 2. The molecule has 3 N–H and O–H groups in total. The van der Waals surface area contributed by atoms with Crippen LogP contribution in [-0.4, -0.2) is 47.8 Å². The van der Waals surface area contributed by atoms with Gasteiger partial charge < -0.3 is 19.5 Å². The first-order chi connectivity index (χ1) is 19.1. The fourth-order valence-corrected chi connectivity index (χ4v) is 5.33. The van der Waals surface area contributed by atoms with E-state index >= 15 is 0 Å². The standard InChI is InChI=1S/C29H25FN2O7S/c1-2-3-14-39-23-9-11-24(12-10-23)40(37,38)31-26(29(35)36)16-21-18-32(17-19-4-7-22(30)8-5-19)27-13-6-20(28(33)34)15-25(21)27/h4-13,15,18,26,31H,14,16-17H2,1H3,(H,33,34)(H,35,36). The number of fused-ring (bicyclic) bond motifs is 1. The predicted octanol–water partition coefficient (Wildman–Crippen LogP) is 3.90. The number of aromatic nitrogens is 1. The van der Waals surface area contributed by atoms with Crippen molar-refractivity contribution in [2.24, 2.45) is 0 Å². The van der Waals surface area contributed by atoms with Gasteiger partial charge in [-0.1, -0.05) is 18.1 Å². The number of hydrogen-bond donors (Lipinski definition) is 3. The highest BCUT2D eigenvalue weighted by atomic mass is 32.2. The average molecular weight is 565 g/mol. The number of carboxylic acid groups (broad SMARTS) is 2. The zero-order valence-electron chi connectivity index (χ0n) is 21.3. The fraction of sp³-hybridized carbons (Fsp3) is 0.172. The summed E-state index contributed by atoms with van der Waals surface area (Å²) in [5, 5.41) is 19.8. The molecule has 0 saturated heterocycles. The van der Waals surface area contributed by atoms with E-state index in [9.17, 15) is 32.6 Å². The van der Waals surface area contributed by atoms with E-state index in [0.29, 0.717) is 28.8 Å². The summed E-state index contributed by atoms with van der Waals surface area (Å²) >= 11 is 0. The summed E-state index contributed by atoms with van der Waals surface area (Å²) in [7, 11) is -4.24. The third-order valence-electron chi connectivity index (χ3n) is 6.12. The van der Waals surface area contributed by atoms with Crippen LogP contribution in [-0.2, 0) is 27.8 Å². The predicted molar refractivity (Wildman–Crippen MR) is 145 cm³/mol. The van der Waals surface area contributed by atoms with Gasteiger partial charge in [-0.25, -0.2) is 17.6 Å². The first kappa shape index (κ1) is 28.4. The highest BCUT2D eigenvalue weighted by Crippen LogP contribution is 2.26. The van der Waals surface area contributed by atoms with Gasteiger partial charge in [0.15, 0.2) is 0 Å². The summed E-state index contributed by atoms with van der Waals surface area (Å²) < 4.78 is 48.9. The highest BCUT2D eigenvalue weighted by Gasteiger charge is 2.27. The van der Waals surface area contributed by atoms with Crippen molar-refractivity contribution < 1.29 is 37.3 Å². The normalized spacial score (nSPS) is 11.9. The van der Waals surface area contributed by atoms with Crippen molar-refractivity contribution >= 4 is 32.9 Å². The van der Waals surface area contributed by atoms with Crippen LogP contribution in [0.1, 0.15) is 28.4 Å². The third kappa shape index (κ3) is 6.66. The third-order valence-corrected chi connectivity index (χ3v) is 7.61. The number of nitrogens with one attached hydrogen (secondary N) is 1. The Bertz CT molecular complexity index is 1720. The van der Waals surface area contributed by atoms with E-state index in [1.54, 1.807) is 35.9 Å². The number of hydrogen-bond acceptors (Lipinski definition) is 5. The molecule has 1 heterocycles. The summed E-state index contributed by atoms with van der Waals surface area (Å²) in [6.45, 7) is 2.10. The molecule has 0 aliphatic carbocycles. The number of ether oxygens (including phenoxy) is 1. The lowest BCUT2D eigenvalue weighted by Crippen LogP contribution is -2.42. The second-order valence-corrected chi connectivity index (χ2v) is 10.6. The summed E-state index contributed by atoms with van der Waals surface area (Å²) in [5.41, 5.74) is 1.79. The van der Waals surface area contributed by atoms with Crippen LogP contribution in [0, 0.1) is 17.7 Å². The van der Waals surface area contributed by atoms with Gasteiger partial charge in [0.05, 0.1) is 10.5 Å². The molecule has 4 aromatic rings. The second kappa shape index (κ2) is 12.0. The van der Waals surface area contributed by atoms with Crippen LogP contribution in [0.3, 0.4) is 0 Å². The van der Waals surface area contributed by atoms with E-state index in [1.165, 1.54) is 48.5 Å². The number of nitrogens with zero attached hydrogens (tertiary/aromatic N) is 1. The molecule has 206 valence electrons. The molecule has 1 atom stereocenters. The monoisotopic (exact) mass is 564 g/mol. The molecular weight excluding hydrogens is 539 g/mol. The quantitative estimate of drug-likeness (QED) is 0.235. The van der Waals surface area contributed by atoms with Gasteiger partial charge in [-0.2, -0.15) is 4.72 Å². The van der Waals surface area contributed by atoms with E-state index in [2.05, 4.69) is 16.6 Å². The van der Waals surface area contributed by atoms with Gasteiger partial charge in [0, 0.05) is 30.1 Å². The first-order valence-corrected chi connectivity index (χ1v) is 13.5. The van der Waals surface area contributed by atoms with Gasteiger partial charge >= 0.3 is 11.9 Å². The summed E-state index contributed by atoms with van der Waals surface area (Å²) in [4.78, 5) is 23.6. The zero-order chi connectivity index (χ0) is 28.9. The maximum absolute atomic E-state index is 13.4. The molecule has 3 aromatic carbocycles. The lowest BCUT2D eigenvalue weighted by atomic mass is 10.0. The maximum Gasteiger partial charge on any atom is 0.335 e. The molecule has 0 spiro atoms. The number of aliphatic carboxylic acids is 1. The second-order valence-electron chi connectivity index (χ2n) is 8.85. The Kier molecular flexibility index (Phi) is 8.52. The first-order valence-electron chi connectivity index (χ1n) is 12.0. The van der Waals surface area contributed by atoms with Crippen LogP contribution in [0.25, 0.3) is 10.9 Å². The number of benzene rings is 3. The molecular formula is C29H25FN2O7S. The minimum absolute atomic E-state index is 0.00651. The van der Waals surface area contributed by atoms with E-state index in [-0.39, 0.29) is 23.5 Å². The van der Waals surface area contributed by atoms with Gasteiger partial charge in [-0.05, 0) is 72.6 Å². The minimum Gasteiger partial charge on any atom is -0.481 e. The Morgan fingerprint density at radius 1 is 1.05 bits per heavy atom. The maximum atomic E-state index is 13.4. The molecule has 0 bridgehead atoms. The largest absolute Gasteiger partial charge is 0.481 e. The lowest BCUT2D eigenvalue weighted by molar-refractivity contribution is -0.138. The lowest BCUT2D eigenvalue weighted by Gasteiger charge is -2.15. The van der Waals surface area contributed by atoms with E-state index in [4.69, 9.17) is 4.74 Å². The Morgan fingerprint density at radius 3 is 2.38 bits per heavy atom. The van der Waals surface area contributed by atoms with Crippen molar-refractivity contribution in [2.75, 3.05) is 6.61 Å². The molecule has 0 amide bonds. The number of aromatic carboxylic acids is 1. The van der Waals surface area contributed by atoms with Crippen molar-refractivity contribution in [1.82, 2.24) is 9.29 Å². The van der Waals surface area contributed by atoms with E-state index in [1.807, 2.05) is 0 Å². The SMILES string of the molecule is CC#CCOc1ccc(S(=O)(=O)NC(Cc2cn(Cc3ccc(F)cc3)c3ccc(C(=O)O)cc23)C(=O)O)cc1. The van der Waals surface area contributed by atoms with Crippen molar-refractivity contribution in [3.8, 4) is 17.6 Å². The molecule has 4 rings (SSSR count). The highest BCUT2D eigenvalue weighted by molar-refractivity contribution is 7.89. The van der Waals surface area contributed by atoms with Gasteiger partial charge in [-0.3, -0.25) is 4.79 Å². The smallest absolute Gasteiger partial charge is 0.335 e. The molecule has 0 radical (unpaired) electrons. The van der Waals surface area contributed by atoms with Crippen LogP contribution < -0.4 is 9.46 Å². The van der Waals surface area contributed by atoms with Gasteiger partial charge in [0.25, 0.3) is 0 Å². The molecule has 40 heavy (non-hydrogen) atoms. The van der Waals surface area contributed by atoms with Gasteiger partial charge in [-0.15, -0.1) is 5.92 Å². The minimum atomic E-state index is -4.24. The molecule has 1 unspecified atom stereocenters. The van der Waals surface area contributed by atoms with Gasteiger partial charge in [0.1, 0.15) is 24.2 Å². The average Bonchev–Trinajstić information content (AvgIpc) is 3.26. The molecule has 0 saturated carbocycles.